The highest BCUT2D eigenvalue weighted by molar-refractivity contribution is 9.10. The summed E-state index contributed by atoms with van der Waals surface area (Å²) in [6, 6.07) is 12.2. The fraction of sp³-hybridized carbons (Fsp3) is 0.105. The molecular weight excluding hydrogens is 462 g/mol. The smallest absolute Gasteiger partial charge is 0.434 e. The van der Waals surface area contributed by atoms with E-state index < -0.39 is 28.8 Å². The van der Waals surface area contributed by atoms with E-state index in [0.29, 0.717) is 11.1 Å². The number of hydrogen-bond acceptors (Lipinski definition) is 3. The number of rotatable bonds is 4. The maximum Gasteiger partial charge on any atom is 0.434 e. The molecule has 1 heterocycles. The van der Waals surface area contributed by atoms with Crippen molar-refractivity contribution in [1.29, 1.82) is 0 Å². The maximum absolute atomic E-state index is 13.7. The highest BCUT2D eigenvalue weighted by Crippen LogP contribution is 2.42. The van der Waals surface area contributed by atoms with Crippen molar-refractivity contribution in [2.45, 2.75) is 11.9 Å². The lowest BCUT2D eigenvalue weighted by molar-refractivity contribution is -0.140. The van der Waals surface area contributed by atoms with Gasteiger partial charge in [0.2, 0.25) is 0 Å². The SMILES string of the molecule is O=S([O-])Cc1ccc(-c2cc(Br)nc(C(F)(F)F)c2-c2ccc(F)cc2)cc1. The summed E-state index contributed by atoms with van der Waals surface area (Å²) in [4.78, 5) is 3.60. The minimum Gasteiger partial charge on any atom is -0.772 e. The Hall–Kier alpha value is -2.10. The second-order valence-electron chi connectivity index (χ2n) is 5.87. The van der Waals surface area contributed by atoms with Crippen molar-refractivity contribution in [3.8, 4) is 22.3 Å². The van der Waals surface area contributed by atoms with Gasteiger partial charge < -0.3 is 4.55 Å². The summed E-state index contributed by atoms with van der Waals surface area (Å²) in [7, 11) is 0. The van der Waals surface area contributed by atoms with E-state index in [1.165, 1.54) is 42.5 Å². The van der Waals surface area contributed by atoms with E-state index in [9.17, 15) is 26.3 Å². The Bertz CT molecular complexity index is 1020. The molecule has 3 nitrogen and oxygen atoms in total. The Balaban J connectivity index is 2.23. The summed E-state index contributed by atoms with van der Waals surface area (Å²) < 4.78 is 75.9. The van der Waals surface area contributed by atoms with Crippen LogP contribution >= 0.6 is 15.9 Å². The average Bonchev–Trinajstić information content (AvgIpc) is 2.61. The van der Waals surface area contributed by atoms with Gasteiger partial charge in [0.1, 0.15) is 10.4 Å². The first-order chi connectivity index (χ1) is 13.1. The predicted molar refractivity (Wildman–Crippen MR) is 100 cm³/mol. The van der Waals surface area contributed by atoms with Gasteiger partial charge in [0.15, 0.2) is 5.69 Å². The normalized spacial score (nSPS) is 12.8. The van der Waals surface area contributed by atoms with Crippen LogP contribution in [-0.2, 0) is 23.0 Å². The number of aromatic nitrogens is 1. The lowest BCUT2D eigenvalue weighted by atomic mass is 9.93. The summed E-state index contributed by atoms with van der Waals surface area (Å²) in [5, 5.41) is 0. The quantitative estimate of drug-likeness (QED) is 0.277. The Morgan fingerprint density at radius 1 is 1.00 bits per heavy atom. The molecule has 0 N–H and O–H groups in total. The summed E-state index contributed by atoms with van der Waals surface area (Å²) in [5.74, 6) is -0.766. The van der Waals surface area contributed by atoms with Crippen LogP contribution in [0.25, 0.3) is 22.3 Å². The van der Waals surface area contributed by atoms with Crippen LogP contribution < -0.4 is 0 Å². The zero-order valence-corrected chi connectivity index (χ0v) is 16.4. The molecule has 1 aromatic heterocycles. The van der Waals surface area contributed by atoms with E-state index in [4.69, 9.17) is 0 Å². The molecule has 1 atom stereocenters. The van der Waals surface area contributed by atoms with Crippen molar-refractivity contribution in [3.63, 3.8) is 0 Å². The molecule has 0 bridgehead atoms. The van der Waals surface area contributed by atoms with Gasteiger partial charge in [0, 0.05) is 11.3 Å². The van der Waals surface area contributed by atoms with Crippen LogP contribution in [0.4, 0.5) is 17.6 Å². The molecule has 0 saturated heterocycles. The first-order valence-electron chi connectivity index (χ1n) is 7.84. The van der Waals surface area contributed by atoms with Crippen molar-refractivity contribution in [3.05, 3.63) is 76.3 Å². The molecule has 0 saturated carbocycles. The molecule has 0 spiro atoms. The Labute approximate surface area is 168 Å². The largest absolute Gasteiger partial charge is 0.772 e. The Kier molecular flexibility index (Phi) is 5.97. The molecule has 146 valence electrons. The fourth-order valence-electron chi connectivity index (χ4n) is 2.77. The van der Waals surface area contributed by atoms with Gasteiger partial charge in [-0.15, -0.1) is 0 Å². The second kappa shape index (κ2) is 8.10. The van der Waals surface area contributed by atoms with Crippen LogP contribution in [0.1, 0.15) is 11.3 Å². The van der Waals surface area contributed by atoms with Crippen LogP contribution in [0.5, 0.6) is 0 Å². The van der Waals surface area contributed by atoms with Crippen molar-refractivity contribution in [2.24, 2.45) is 0 Å². The van der Waals surface area contributed by atoms with Crippen molar-refractivity contribution in [1.82, 2.24) is 4.98 Å². The topological polar surface area (TPSA) is 53.0 Å². The lowest BCUT2D eigenvalue weighted by Crippen LogP contribution is -2.11. The van der Waals surface area contributed by atoms with Gasteiger partial charge in [-0.25, -0.2) is 9.37 Å². The molecule has 0 aliphatic carbocycles. The van der Waals surface area contributed by atoms with Gasteiger partial charge >= 0.3 is 6.18 Å². The second-order valence-corrected chi connectivity index (χ2v) is 7.57. The number of nitrogens with zero attached hydrogens (tertiary/aromatic N) is 1. The highest BCUT2D eigenvalue weighted by Gasteiger charge is 2.37. The van der Waals surface area contributed by atoms with Crippen LogP contribution in [0.15, 0.2) is 59.2 Å². The molecule has 28 heavy (non-hydrogen) atoms. The predicted octanol–water partition coefficient (Wildman–Crippen LogP) is 5.72. The van der Waals surface area contributed by atoms with E-state index in [1.807, 2.05) is 0 Å². The molecule has 0 radical (unpaired) electrons. The van der Waals surface area contributed by atoms with E-state index in [2.05, 4.69) is 20.9 Å². The Morgan fingerprint density at radius 3 is 2.11 bits per heavy atom. The van der Waals surface area contributed by atoms with Crippen LogP contribution in [0.3, 0.4) is 0 Å². The van der Waals surface area contributed by atoms with Gasteiger partial charge in [-0.1, -0.05) is 47.5 Å². The van der Waals surface area contributed by atoms with Gasteiger partial charge in [0.25, 0.3) is 0 Å². The fourth-order valence-corrected chi connectivity index (χ4v) is 3.64. The van der Waals surface area contributed by atoms with Crippen LogP contribution in [-0.4, -0.2) is 13.7 Å². The lowest BCUT2D eigenvalue weighted by Gasteiger charge is -2.18. The molecule has 0 aliphatic rings. The van der Waals surface area contributed by atoms with Crippen LogP contribution in [0.2, 0.25) is 0 Å². The van der Waals surface area contributed by atoms with Gasteiger partial charge in [-0.3, -0.25) is 4.21 Å². The van der Waals surface area contributed by atoms with Gasteiger partial charge in [0.05, 0.1) is 0 Å². The zero-order chi connectivity index (χ0) is 20.5. The molecule has 3 rings (SSSR count). The van der Waals surface area contributed by atoms with Crippen molar-refractivity contribution < 1.29 is 26.3 Å². The van der Waals surface area contributed by atoms with E-state index in [-0.39, 0.29) is 27.0 Å². The molecule has 3 aromatic rings. The number of halogens is 5. The minimum absolute atomic E-state index is 0.00887. The van der Waals surface area contributed by atoms with E-state index in [1.54, 1.807) is 0 Å². The minimum atomic E-state index is -4.73. The van der Waals surface area contributed by atoms with Crippen LogP contribution in [0, 0.1) is 5.82 Å². The van der Waals surface area contributed by atoms with Gasteiger partial charge in [-0.05, 0) is 56.4 Å². The molecule has 2 aromatic carbocycles. The molecule has 0 aliphatic heterocycles. The number of pyridine rings is 1. The average molecular weight is 473 g/mol. The third kappa shape index (κ3) is 4.65. The molecule has 0 amide bonds. The molecule has 1 unspecified atom stereocenters. The van der Waals surface area contributed by atoms with Crippen molar-refractivity contribution in [2.75, 3.05) is 0 Å². The summed E-state index contributed by atoms with van der Waals surface area (Å²) >= 11 is 0.741. The molecule has 0 fully saturated rings. The maximum atomic E-state index is 13.7. The monoisotopic (exact) mass is 472 g/mol. The summed E-state index contributed by atoms with van der Waals surface area (Å²) in [6.07, 6.45) is -4.73. The number of alkyl halides is 3. The van der Waals surface area contributed by atoms with E-state index >= 15 is 0 Å². The summed E-state index contributed by atoms with van der Waals surface area (Å²) in [5.41, 5.74) is 0.0473. The first kappa shape index (κ1) is 20.6. The summed E-state index contributed by atoms with van der Waals surface area (Å²) in [6.45, 7) is 0. The van der Waals surface area contributed by atoms with Crippen molar-refractivity contribution >= 4 is 27.0 Å². The first-order valence-corrected chi connectivity index (χ1v) is 9.87. The molecular formula is C19H11BrF4NO2S-. The Morgan fingerprint density at radius 2 is 1.57 bits per heavy atom. The third-order valence-corrected chi connectivity index (χ3v) is 4.91. The van der Waals surface area contributed by atoms with Gasteiger partial charge in [-0.2, -0.15) is 13.2 Å². The highest BCUT2D eigenvalue weighted by atomic mass is 79.9. The van der Waals surface area contributed by atoms with E-state index in [0.717, 1.165) is 12.1 Å². The number of hydrogen-bond donors (Lipinski definition) is 0. The number of benzene rings is 2. The molecule has 9 heteroatoms. The standard InChI is InChI=1S/C19H12BrF4NO2S/c20-16-9-15(12-3-1-11(2-4-12)10-28(26)27)17(18(25-16)19(22,23)24)13-5-7-14(21)8-6-13/h1-9H,10H2,(H,26,27)/p-1. The third-order valence-electron chi connectivity index (χ3n) is 3.94. The zero-order valence-electron chi connectivity index (χ0n) is 14.0.